The van der Waals surface area contributed by atoms with E-state index in [0.29, 0.717) is 24.2 Å². The highest BCUT2D eigenvalue weighted by atomic mass is 16.2. The molecular formula is C29H32N6O2. The van der Waals surface area contributed by atoms with Gasteiger partial charge in [0.1, 0.15) is 12.1 Å². The van der Waals surface area contributed by atoms with E-state index in [4.69, 9.17) is 0 Å². The van der Waals surface area contributed by atoms with Crippen LogP contribution in [0.25, 0.3) is 0 Å². The Morgan fingerprint density at radius 3 is 2.41 bits per heavy atom. The maximum absolute atomic E-state index is 14.1. The van der Waals surface area contributed by atoms with Crippen LogP contribution < -0.4 is 10.2 Å². The molecule has 2 aromatic heterocycles. The van der Waals surface area contributed by atoms with E-state index in [9.17, 15) is 14.9 Å². The summed E-state index contributed by atoms with van der Waals surface area (Å²) in [7, 11) is 0. The first kappa shape index (κ1) is 25.8. The molecule has 8 heteroatoms. The molecule has 4 rings (SSSR count). The van der Waals surface area contributed by atoms with Gasteiger partial charge in [0.2, 0.25) is 5.91 Å². The summed E-state index contributed by atoms with van der Waals surface area (Å²) in [5.41, 5.74) is 3.07. The number of likely N-dealkylation sites (tertiary alicyclic amines) is 1. The molecule has 1 aliphatic rings. The molecule has 3 aromatic rings. The number of anilines is 1. The summed E-state index contributed by atoms with van der Waals surface area (Å²) in [4.78, 5) is 39.3. The fraction of sp³-hybridized carbons (Fsp3) is 0.345. The molecule has 0 spiro atoms. The van der Waals surface area contributed by atoms with E-state index >= 15 is 0 Å². The SMILES string of the molecule is CC(C)(C)c1ccc(N(C(=O)C2CCCN2C#N)C(C(=O)NCc2cccnc2)c2cccnc2)cc1. The minimum Gasteiger partial charge on any atom is -0.350 e. The molecule has 1 aliphatic heterocycles. The van der Waals surface area contributed by atoms with E-state index in [1.807, 2.05) is 36.4 Å². The zero-order valence-electron chi connectivity index (χ0n) is 21.5. The second kappa shape index (κ2) is 11.2. The maximum Gasteiger partial charge on any atom is 0.251 e. The minimum absolute atomic E-state index is 0.0692. The average molecular weight is 497 g/mol. The van der Waals surface area contributed by atoms with Gasteiger partial charge in [-0.05, 0) is 53.6 Å². The van der Waals surface area contributed by atoms with Crippen LogP contribution in [0.1, 0.15) is 56.3 Å². The first-order valence-corrected chi connectivity index (χ1v) is 12.5. The second-order valence-corrected chi connectivity index (χ2v) is 10.2. The number of nitriles is 1. The van der Waals surface area contributed by atoms with Crippen molar-refractivity contribution < 1.29 is 9.59 Å². The number of carbonyl (C=O) groups is 2. The third-order valence-electron chi connectivity index (χ3n) is 6.61. The number of amides is 2. The number of nitrogens with one attached hydrogen (secondary N) is 1. The lowest BCUT2D eigenvalue weighted by molar-refractivity contribution is -0.128. The van der Waals surface area contributed by atoms with Crippen molar-refractivity contribution in [2.45, 2.75) is 57.7 Å². The van der Waals surface area contributed by atoms with Crippen molar-refractivity contribution in [1.29, 1.82) is 5.26 Å². The Hall–Kier alpha value is -4.25. The van der Waals surface area contributed by atoms with Crippen molar-refractivity contribution in [2.75, 3.05) is 11.4 Å². The summed E-state index contributed by atoms with van der Waals surface area (Å²) < 4.78 is 0. The van der Waals surface area contributed by atoms with Gasteiger partial charge in [0.25, 0.3) is 5.91 Å². The van der Waals surface area contributed by atoms with E-state index < -0.39 is 12.1 Å². The molecular weight excluding hydrogens is 464 g/mol. The van der Waals surface area contributed by atoms with Crippen LogP contribution in [0.2, 0.25) is 0 Å². The zero-order valence-corrected chi connectivity index (χ0v) is 21.5. The van der Waals surface area contributed by atoms with Gasteiger partial charge in [-0.25, -0.2) is 0 Å². The smallest absolute Gasteiger partial charge is 0.251 e. The van der Waals surface area contributed by atoms with E-state index in [0.717, 1.165) is 17.5 Å². The lowest BCUT2D eigenvalue weighted by atomic mass is 9.87. The molecule has 0 bridgehead atoms. The number of rotatable bonds is 7. The number of benzene rings is 1. The Labute approximate surface area is 218 Å². The van der Waals surface area contributed by atoms with Crippen molar-refractivity contribution in [3.05, 3.63) is 90.0 Å². The van der Waals surface area contributed by atoms with Gasteiger partial charge >= 0.3 is 0 Å². The van der Waals surface area contributed by atoms with Crippen molar-refractivity contribution in [3.63, 3.8) is 0 Å². The van der Waals surface area contributed by atoms with Crippen LogP contribution in [-0.2, 0) is 21.5 Å². The Kier molecular flexibility index (Phi) is 7.83. The van der Waals surface area contributed by atoms with Gasteiger partial charge in [-0.2, -0.15) is 5.26 Å². The zero-order chi connectivity index (χ0) is 26.4. The summed E-state index contributed by atoms with van der Waals surface area (Å²) in [5, 5.41) is 12.6. The van der Waals surface area contributed by atoms with Gasteiger partial charge < -0.3 is 5.32 Å². The highest BCUT2D eigenvalue weighted by molar-refractivity contribution is 6.04. The van der Waals surface area contributed by atoms with Gasteiger partial charge in [0, 0.05) is 49.1 Å². The normalized spacial score (nSPS) is 16.1. The first-order chi connectivity index (χ1) is 17.8. The summed E-state index contributed by atoms with van der Waals surface area (Å²) in [5.74, 6) is -0.625. The monoisotopic (exact) mass is 496 g/mol. The summed E-state index contributed by atoms with van der Waals surface area (Å²) in [6, 6.07) is 13.4. The molecule has 0 saturated carbocycles. The topological polar surface area (TPSA) is 102 Å². The molecule has 0 radical (unpaired) electrons. The Morgan fingerprint density at radius 2 is 1.81 bits per heavy atom. The largest absolute Gasteiger partial charge is 0.350 e. The number of carbonyl (C=O) groups excluding carboxylic acids is 2. The molecule has 1 fully saturated rings. The van der Waals surface area contributed by atoms with Crippen molar-refractivity contribution >= 4 is 17.5 Å². The van der Waals surface area contributed by atoms with Gasteiger partial charge in [-0.1, -0.05) is 45.0 Å². The van der Waals surface area contributed by atoms with Crippen LogP contribution in [-0.4, -0.2) is 39.3 Å². The Morgan fingerprint density at radius 1 is 1.11 bits per heavy atom. The van der Waals surface area contributed by atoms with Crippen LogP contribution >= 0.6 is 0 Å². The van der Waals surface area contributed by atoms with E-state index in [2.05, 4.69) is 42.2 Å². The summed E-state index contributed by atoms with van der Waals surface area (Å²) in [6.07, 6.45) is 10.1. The maximum atomic E-state index is 14.1. The predicted molar refractivity (Wildman–Crippen MR) is 141 cm³/mol. The number of pyridine rings is 2. The van der Waals surface area contributed by atoms with Crippen molar-refractivity contribution in [2.24, 2.45) is 0 Å². The molecule has 3 heterocycles. The second-order valence-electron chi connectivity index (χ2n) is 10.2. The summed E-state index contributed by atoms with van der Waals surface area (Å²) in [6.45, 7) is 7.16. The molecule has 8 nitrogen and oxygen atoms in total. The van der Waals surface area contributed by atoms with E-state index in [1.165, 1.54) is 9.80 Å². The van der Waals surface area contributed by atoms with Crippen LogP contribution in [0.15, 0.2) is 73.3 Å². The van der Waals surface area contributed by atoms with E-state index in [1.54, 1.807) is 36.9 Å². The molecule has 1 aromatic carbocycles. The number of hydrogen-bond acceptors (Lipinski definition) is 6. The fourth-order valence-electron chi connectivity index (χ4n) is 4.57. The third kappa shape index (κ3) is 5.95. The number of nitrogens with zero attached hydrogens (tertiary/aromatic N) is 5. The molecule has 1 saturated heterocycles. The molecule has 0 aliphatic carbocycles. The molecule has 190 valence electrons. The quantitative estimate of drug-likeness (QED) is 0.494. The standard InChI is InChI=1S/C29H32N6O2/c1-29(2,3)23-10-12-24(13-11-23)35(28(37)25-9-6-16-34(25)20-30)26(22-8-5-15-32-19-22)27(36)33-18-21-7-4-14-31-17-21/h4-5,7-8,10-15,17,19,25-26H,6,9,16,18H2,1-3H3,(H,33,36). The average Bonchev–Trinajstić information content (AvgIpc) is 3.40. The Bertz CT molecular complexity index is 1250. The third-order valence-corrected chi connectivity index (χ3v) is 6.61. The highest BCUT2D eigenvalue weighted by Gasteiger charge is 2.40. The summed E-state index contributed by atoms with van der Waals surface area (Å²) >= 11 is 0. The molecule has 2 unspecified atom stereocenters. The van der Waals surface area contributed by atoms with E-state index in [-0.39, 0.29) is 23.8 Å². The fourth-order valence-corrected chi connectivity index (χ4v) is 4.57. The van der Waals surface area contributed by atoms with Gasteiger partial charge in [0.05, 0.1) is 0 Å². The first-order valence-electron chi connectivity index (χ1n) is 12.5. The van der Waals surface area contributed by atoms with Crippen LogP contribution in [0.3, 0.4) is 0 Å². The number of hydrogen-bond donors (Lipinski definition) is 1. The van der Waals surface area contributed by atoms with Crippen molar-refractivity contribution in [3.8, 4) is 6.19 Å². The molecule has 37 heavy (non-hydrogen) atoms. The molecule has 2 amide bonds. The molecule has 1 N–H and O–H groups in total. The minimum atomic E-state index is -0.973. The van der Waals surface area contributed by atoms with Crippen LogP contribution in [0, 0.1) is 11.5 Å². The van der Waals surface area contributed by atoms with Crippen LogP contribution in [0.4, 0.5) is 5.69 Å². The lowest BCUT2D eigenvalue weighted by Crippen LogP contribution is -2.50. The predicted octanol–water partition coefficient (Wildman–Crippen LogP) is 4.11. The number of aromatic nitrogens is 2. The van der Waals surface area contributed by atoms with Crippen LogP contribution in [0.5, 0.6) is 0 Å². The lowest BCUT2D eigenvalue weighted by Gasteiger charge is -2.34. The van der Waals surface area contributed by atoms with Gasteiger partial charge in [-0.3, -0.25) is 29.4 Å². The van der Waals surface area contributed by atoms with Crippen molar-refractivity contribution in [1.82, 2.24) is 20.2 Å². The molecule has 2 atom stereocenters. The Balaban J connectivity index is 1.76. The highest BCUT2D eigenvalue weighted by Crippen LogP contribution is 2.33. The van der Waals surface area contributed by atoms with Gasteiger partial charge in [0.15, 0.2) is 6.19 Å². The van der Waals surface area contributed by atoms with Gasteiger partial charge in [-0.15, -0.1) is 0 Å².